The number of rotatable bonds is 5. The Balaban J connectivity index is 2.77. The highest BCUT2D eigenvalue weighted by Gasteiger charge is 2.73. The van der Waals surface area contributed by atoms with Crippen molar-refractivity contribution in [3.63, 3.8) is 0 Å². The van der Waals surface area contributed by atoms with Crippen molar-refractivity contribution in [2.45, 2.75) is 36.8 Å². The van der Waals surface area contributed by atoms with E-state index < -0.39 is 52.5 Å². The lowest BCUT2D eigenvalue weighted by Crippen LogP contribution is -2.51. The molecule has 0 saturated heterocycles. The van der Waals surface area contributed by atoms with Crippen molar-refractivity contribution >= 4 is 24.3 Å². The molecule has 12 heteroatoms. The number of hydrogen-bond donors (Lipinski definition) is 0. The van der Waals surface area contributed by atoms with Crippen LogP contribution in [0.5, 0.6) is 0 Å². The second-order valence-corrected chi connectivity index (χ2v) is 7.01. The summed E-state index contributed by atoms with van der Waals surface area (Å²) in [5.74, 6) is 0. The molecule has 0 aliphatic heterocycles. The molecule has 2 rings (SSSR count). The van der Waals surface area contributed by atoms with E-state index in [4.69, 9.17) is 0 Å². The second kappa shape index (κ2) is 8.11. The molecule has 0 fully saturated rings. The Labute approximate surface area is 176 Å². The maximum atomic E-state index is 14.5. The Bertz CT molecular complexity index is 953. The lowest BCUT2D eigenvalue weighted by molar-refractivity contribution is -0.348. The molecule has 2 aromatic carbocycles. The Hall–Kier alpha value is -2.53. The van der Waals surface area contributed by atoms with Crippen LogP contribution in [-0.4, -0.2) is 25.8 Å². The van der Waals surface area contributed by atoms with Crippen molar-refractivity contribution < 1.29 is 48.3 Å². The molecule has 0 saturated carbocycles. The van der Waals surface area contributed by atoms with Gasteiger partial charge in [-0.1, -0.05) is 36.9 Å². The van der Waals surface area contributed by atoms with E-state index in [1.807, 2.05) is 0 Å². The van der Waals surface area contributed by atoms with Crippen molar-refractivity contribution in [1.82, 2.24) is 0 Å². The summed E-state index contributed by atoms with van der Waals surface area (Å²) in [6, 6.07) is 5.64. The highest BCUT2D eigenvalue weighted by atomic mass is 19.4. The van der Waals surface area contributed by atoms with E-state index in [1.165, 1.54) is 30.3 Å². The summed E-state index contributed by atoms with van der Waals surface area (Å²) in [6.45, 7) is 3.39. The summed E-state index contributed by atoms with van der Waals surface area (Å²) in [5.41, 5.74) is -14.2. The zero-order valence-electron chi connectivity index (χ0n) is 16.1. The third-order valence-electron chi connectivity index (χ3n) is 4.71. The highest BCUT2D eigenvalue weighted by molar-refractivity contribution is 6.67. The summed E-state index contributed by atoms with van der Waals surface area (Å²) < 4.78 is 147. The van der Waals surface area contributed by atoms with Gasteiger partial charge in [0.05, 0.1) is 0 Å². The molecule has 0 N–H and O–H groups in total. The third-order valence-corrected chi connectivity index (χ3v) is 4.71. The van der Waals surface area contributed by atoms with E-state index in [0.29, 0.717) is 11.6 Å². The molecule has 0 amide bonds. The van der Waals surface area contributed by atoms with Gasteiger partial charge in [-0.25, -0.2) is 8.78 Å². The fourth-order valence-corrected chi connectivity index (χ4v) is 2.78. The molecule has 32 heavy (non-hydrogen) atoms. The second-order valence-electron chi connectivity index (χ2n) is 7.01. The smallest absolute Gasteiger partial charge is 0.275 e. The minimum atomic E-state index is -6.59. The van der Waals surface area contributed by atoms with Crippen molar-refractivity contribution in [1.29, 1.82) is 0 Å². The summed E-state index contributed by atoms with van der Waals surface area (Å²) in [4.78, 5) is 0. The van der Waals surface area contributed by atoms with Crippen molar-refractivity contribution in [2.24, 2.45) is 0 Å². The fraction of sp³-hybridized carbons (Fsp3) is 0.300. The Kier molecular flexibility index (Phi) is 6.52. The van der Waals surface area contributed by atoms with Crippen LogP contribution >= 0.6 is 0 Å². The van der Waals surface area contributed by atoms with Crippen LogP contribution < -0.4 is 10.9 Å². The topological polar surface area (TPSA) is 0 Å². The van der Waals surface area contributed by atoms with Crippen molar-refractivity contribution in [3.8, 4) is 0 Å². The van der Waals surface area contributed by atoms with Gasteiger partial charge >= 0.3 is 24.2 Å². The monoisotopic (exact) mass is 473 g/mol. The first-order valence-corrected chi connectivity index (χ1v) is 8.66. The van der Waals surface area contributed by atoms with Gasteiger partial charge in [0.1, 0.15) is 0 Å². The average molecular weight is 473 g/mol. The van der Waals surface area contributed by atoms with Crippen LogP contribution in [0.25, 0.3) is 6.08 Å². The molecule has 0 aliphatic rings. The van der Waals surface area contributed by atoms with E-state index in [2.05, 4.69) is 6.58 Å². The Morgan fingerprint density at radius 1 is 0.656 bits per heavy atom. The molecular formula is C20H13BF11-. The summed E-state index contributed by atoms with van der Waals surface area (Å²) >= 11 is 0. The van der Waals surface area contributed by atoms with Crippen LogP contribution in [0.15, 0.2) is 49.0 Å². The molecule has 1 atom stereocenters. The van der Waals surface area contributed by atoms with Crippen molar-refractivity contribution in [3.05, 3.63) is 65.7 Å². The van der Waals surface area contributed by atoms with E-state index in [0.717, 1.165) is 7.28 Å². The minimum Gasteiger partial charge on any atom is -0.275 e. The number of alkyl halides is 11. The largest absolute Gasteiger partial charge is 0.435 e. The summed E-state index contributed by atoms with van der Waals surface area (Å²) in [6.07, 6.45) is -17.5. The molecule has 0 aliphatic carbocycles. The summed E-state index contributed by atoms with van der Waals surface area (Å²) in [7, 11) is 0.888. The molecule has 0 bridgehead atoms. The van der Waals surface area contributed by atoms with Crippen LogP contribution in [0, 0.1) is 0 Å². The molecule has 0 nitrogen and oxygen atoms in total. The Morgan fingerprint density at radius 3 is 1.53 bits per heavy atom. The standard InChI is InChI=1S/C20H13BF11/c1-3-11-4-6-14(7-5-11)21-15-9-12(16(2,22)18(24,25)26)8-13(10-15)17(23,19(27,28)29)20(30,31)32/h3-10H,1H2,2H3/q-1. The SMILES string of the molecule is C=Cc1ccc([B-]c2cc(C(C)(F)C(F)(F)F)cc(C(F)(C(F)(F)F)C(F)(F)F)c2)cc1. The predicted octanol–water partition coefficient (Wildman–Crippen LogP) is 6.02. The molecule has 1 unspecified atom stereocenters. The third kappa shape index (κ3) is 4.63. The van der Waals surface area contributed by atoms with Gasteiger partial charge in [0.25, 0.3) is 0 Å². The highest BCUT2D eigenvalue weighted by Crippen LogP contribution is 2.54. The lowest BCUT2D eigenvalue weighted by Gasteiger charge is -2.34. The lowest BCUT2D eigenvalue weighted by atomic mass is 9.62. The molecule has 174 valence electrons. The van der Waals surface area contributed by atoms with Gasteiger partial charge in [0.15, 0.2) is 0 Å². The Morgan fingerprint density at radius 2 is 1.12 bits per heavy atom. The minimum absolute atomic E-state index is 0.0817. The first-order chi connectivity index (χ1) is 14.3. The van der Waals surface area contributed by atoms with Gasteiger partial charge in [0.2, 0.25) is 5.67 Å². The average Bonchev–Trinajstić information content (AvgIpc) is 2.65. The van der Waals surface area contributed by atoms with Crippen LogP contribution in [-0.2, 0) is 11.3 Å². The fourth-order valence-electron chi connectivity index (χ4n) is 2.78. The van der Waals surface area contributed by atoms with Crippen molar-refractivity contribution in [2.75, 3.05) is 0 Å². The maximum absolute atomic E-state index is 14.5. The van der Waals surface area contributed by atoms with Gasteiger partial charge in [0, 0.05) is 5.56 Å². The number of hydrogen-bond acceptors (Lipinski definition) is 0. The van der Waals surface area contributed by atoms with E-state index in [1.54, 1.807) is 0 Å². The van der Waals surface area contributed by atoms with Crippen LogP contribution in [0.1, 0.15) is 23.6 Å². The van der Waals surface area contributed by atoms with Crippen LogP contribution in [0.2, 0.25) is 0 Å². The molecule has 2 radical (unpaired) electrons. The normalized spacial score (nSPS) is 15.4. The summed E-state index contributed by atoms with van der Waals surface area (Å²) in [5, 5.41) is 0. The maximum Gasteiger partial charge on any atom is 0.435 e. The predicted molar refractivity (Wildman–Crippen MR) is 97.4 cm³/mol. The van der Waals surface area contributed by atoms with Gasteiger partial charge < -0.3 is 0 Å². The zero-order valence-corrected chi connectivity index (χ0v) is 16.1. The zero-order chi connectivity index (χ0) is 24.8. The first-order valence-electron chi connectivity index (χ1n) is 8.66. The van der Waals surface area contributed by atoms with Crippen LogP contribution in [0.4, 0.5) is 48.3 Å². The van der Waals surface area contributed by atoms with E-state index in [9.17, 15) is 48.3 Å². The quantitative estimate of drug-likeness (QED) is 0.368. The van der Waals surface area contributed by atoms with Gasteiger partial charge in [-0.05, 0) is 24.1 Å². The van der Waals surface area contributed by atoms with E-state index >= 15 is 0 Å². The van der Waals surface area contributed by atoms with Gasteiger partial charge in [-0.2, -0.15) is 39.5 Å². The van der Waals surface area contributed by atoms with Gasteiger partial charge in [-0.3, -0.25) is 18.2 Å². The molecule has 2 aromatic rings. The van der Waals surface area contributed by atoms with E-state index in [-0.39, 0.29) is 18.5 Å². The number of halogens is 11. The first kappa shape index (κ1) is 25.7. The molecule has 0 spiro atoms. The molecule has 0 heterocycles. The molecular weight excluding hydrogens is 460 g/mol. The van der Waals surface area contributed by atoms with Gasteiger partial charge in [-0.15, -0.1) is 12.1 Å². The van der Waals surface area contributed by atoms with Crippen LogP contribution in [0.3, 0.4) is 0 Å². The number of benzene rings is 2. The molecule has 0 aromatic heterocycles.